The van der Waals surface area contributed by atoms with Crippen LogP contribution in [0.1, 0.15) is 43.0 Å². The first-order chi connectivity index (χ1) is 17.8. The van der Waals surface area contributed by atoms with Gasteiger partial charge in [0.25, 0.3) is 5.89 Å². The van der Waals surface area contributed by atoms with Crippen molar-refractivity contribution >= 4 is 5.91 Å². The number of aromatic nitrogens is 2. The molecule has 0 aliphatic carbocycles. The molecule has 1 amide bonds. The lowest BCUT2D eigenvalue weighted by Gasteiger charge is -2.19. The van der Waals surface area contributed by atoms with Crippen molar-refractivity contribution in [3.63, 3.8) is 0 Å². The van der Waals surface area contributed by atoms with E-state index in [0.717, 1.165) is 41.9 Å². The van der Waals surface area contributed by atoms with E-state index in [-0.39, 0.29) is 13.2 Å². The Morgan fingerprint density at radius 3 is 2.46 bits per heavy atom. The lowest BCUT2D eigenvalue weighted by atomic mass is 10.0. The van der Waals surface area contributed by atoms with E-state index in [4.69, 9.17) is 14.4 Å². The van der Waals surface area contributed by atoms with Crippen LogP contribution in [0.25, 0.3) is 22.8 Å². The van der Waals surface area contributed by atoms with Crippen LogP contribution in [0.3, 0.4) is 0 Å². The van der Waals surface area contributed by atoms with Gasteiger partial charge in [0.15, 0.2) is 0 Å². The Bertz CT molecular complexity index is 1190. The van der Waals surface area contributed by atoms with E-state index in [1.54, 1.807) is 0 Å². The molecule has 1 atom stereocenters. The molecule has 0 saturated heterocycles. The summed E-state index contributed by atoms with van der Waals surface area (Å²) in [5.41, 5.74) is 6.00. The second kappa shape index (κ2) is 13.3. The number of carbonyl (C=O) groups is 1. The van der Waals surface area contributed by atoms with Crippen molar-refractivity contribution in [3.8, 4) is 28.6 Å². The van der Waals surface area contributed by atoms with E-state index < -0.39 is 18.6 Å². The highest BCUT2D eigenvalue weighted by molar-refractivity contribution is 5.76. The normalized spacial score (nSPS) is 12.1. The molecule has 200 valence electrons. The predicted octanol–water partition coefficient (Wildman–Crippen LogP) is 3.27. The number of nitrogens with zero attached hydrogens (tertiary/aromatic N) is 3. The van der Waals surface area contributed by atoms with Crippen molar-refractivity contribution in [2.24, 2.45) is 0 Å². The van der Waals surface area contributed by atoms with Crippen LogP contribution in [-0.2, 0) is 17.8 Å². The average Bonchev–Trinajstić information content (AvgIpc) is 3.40. The molecule has 9 nitrogen and oxygen atoms in total. The number of amides is 1. The Hall–Kier alpha value is -3.27. The maximum atomic E-state index is 11.2. The maximum Gasteiger partial charge on any atom is 0.258 e. The molecule has 0 fully saturated rings. The fraction of sp³-hybridized carbons (Fsp3) is 0.464. The first-order valence-electron chi connectivity index (χ1n) is 12.8. The number of rotatable bonds is 13. The zero-order valence-corrected chi connectivity index (χ0v) is 22.4. The number of nitrogens with one attached hydrogen (secondary N) is 1. The van der Waals surface area contributed by atoms with Crippen molar-refractivity contribution in [2.75, 3.05) is 32.8 Å². The molecule has 3 aromatic rings. The van der Waals surface area contributed by atoms with Gasteiger partial charge in [-0.15, -0.1) is 0 Å². The van der Waals surface area contributed by atoms with Gasteiger partial charge in [-0.3, -0.25) is 9.69 Å². The molecule has 0 aliphatic rings. The molecule has 1 heterocycles. The summed E-state index contributed by atoms with van der Waals surface area (Å²) in [5.74, 6) is 1.11. The van der Waals surface area contributed by atoms with E-state index in [0.29, 0.717) is 23.9 Å². The molecule has 0 aliphatic heterocycles. The number of carbonyl (C=O) groups excluding carboxylic acids is 1. The van der Waals surface area contributed by atoms with Gasteiger partial charge in [-0.05, 0) is 79.9 Å². The van der Waals surface area contributed by atoms with Gasteiger partial charge in [-0.1, -0.05) is 32.0 Å². The quantitative estimate of drug-likeness (QED) is 0.320. The summed E-state index contributed by atoms with van der Waals surface area (Å²) < 4.78 is 11.5. The number of aliphatic hydroxyl groups excluding tert-OH is 2. The molecule has 0 saturated carbocycles. The molecular weight excluding hydrogens is 472 g/mol. The Labute approximate surface area is 218 Å². The van der Waals surface area contributed by atoms with Crippen LogP contribution in [0, 0.1) is 13.8 Å². The van der Waals surface area contributed by atoms with Crippen LogP contribution in [0.5, 0.6) is 5.75 Å². The van der Waals surface area contributed by atoms with E-state index in [1.165, 1.54) is 11.1 Å². The van der Waals surface area contributed by atoms with Crippen LogP contribution in [0.15, 0.2) is 34.9 Å². The molecule has 0 spiro atoms. The largest absolute Gasteiger partial charge is 0.490 e. The van der Waals surface area contributed by atoms with Gasteiger partial charge in [0, 0.05) is 24.2 Å². The maximum absolute atomic E-state index is 11.2. The fourth-order valence-corrected chi connectivity index (χ4v) is 4.12. The SMILES string of the molecule is CCc1cc(-c2noc(-c3ccc(CN(CC)CC)c(C)c3)n2)cc(C)c1OC[C@@H](O)CNC(=O)CO. The number of hydrogen-bond donors (Lipinski definition) is 3. The number of hydrogen-bond acceptors (Lipinski definition) is 8. The topological polar surface area (TPSA) is 121 Å². The van der Waals surface area contributed by atoms with Crippen molar-refractivity contribution in [1.82, 2.24) is 20.4 Å². The van der Waals surface area contributed by atoms with Crippen molar-refractivity contribution in [1.29, 1.82) is 0 Å². The first kappa shape index (κ1) is 28.3. The highest BCUT2D eigenvalue weighted by Crippen LogP contribution is 2.31. The molecule has 3 rings (SSSR count). The van der Waals surface area contributed by atoms with Gasteiger partial charge in [-0.25, -0.2) is 0 Å². The highest BCUT2D eigenvalue weighted by atomic mass is 16.5. The number of aryl methyl sites for hydroxylation is 3. The molecule has 37 heavy (non-hydrogen) atoms. The minimum atomic E-state index is -0.902. The molecule has 0 unspecified atom stereocenters. The molecule has 9 heteroatoms. The Balaban J connectivity index is 1.75. The standard InChI is InChI=1S/C28H38N4O5/c1-6-20-13-23(12-19(5)26(20)36-17-24(34)14-29-25(35)16-33)27-30-28(37-31-27)21-9-10-22(18(4)11-21)15-32(7-2)8-3/h9-13,24,33-34H,6-8,14-17H2,1-5H3,(H,29,35)/t24-/m0/s1. The predicted molar refractivity (Wildman–Crippen MR) is 142 cm³/mol. The van der Waals surface area contributed by atoms with Crippen molar-refractivity contribution < 1.29 is 24.3 Å². The summed E-state index contributed by atoms with van der Waals surface area (Å²) in [5, 5.41) is 25.5. The number of benzene rings is 2. The molecule has 2 aromatic carbocycles. The van der Waals surface area contributed by atoms with Gasteiger partial charge in [-0.2, -0.15) is 4.98 Å². The fourth-order valence-electron chi connectivity index (χ4n) is 4.12. The molecular formula is C28H38N4O5. The Morgan fingerprint density at radius 2 is 1.81 bits per heavy atom. The van der Waals surface area contributed by atoms with Crippen molar-refractivity contribution in [2.45, 2.75) is 53.7 Å². The van der Waals surface area contributed by atoms with E-state index >= 15 is 0 Å². The molecule has 0 bridgehead atoms. The minimum absolute atomic E-state index is 0.000460. The van der Waals surface area contributed by atoms with Crippen LogP contribution in [-0.4, -0.2) is 70.1 Å². The van der Waals surface area contributed by atoms with Gasteiger partial charge in [0.2, 0.25) is 11.7 Å². The summed E-state index contributed by atoms with van der Waals surface area (Å²) in [6.45, 7) is 12.7. The lowest BCUT2D eigenvalue weighted by Crippen LogP contribution is -2.36. The summed E-state index contributed by atoms with van der Waals surface area (Å²) in [4.78, 5) is 18.2. The summed E-state index contributed by atoms with van der Waals surface area (Å²) in [6, 6.07) is 10.1. The van der Waals surface area contributed by atoms with Gasteiger partial charge >= 0.3 is 0 Å². The minimum Gasteiger partial charge on any atom is -0.490 e. The third kappa shape index (κ3) is 7.38. The van der Waals surface area contributed by atoms with Crippen molar-refractivity contribution in [3.05, 3.63) is 52.6 Å². The van der Waals surface area contributed by atoms with Crippen LogP contribution in [0.2, 0.25) is 0 Å². The van der Waals surface area contributed by atoms with E-state index in [9.17, 15) is 9.90 Å². The van der Waals surface area contributed by atoms with Crippen LogP contribution in [0.4, 0.5) is 0 Å². The van der Waals surface area contributed by atoms with Gasteiger partial charge in [0.05, 0.1) is 0 Å². The molecule has 3 N–H and O–H groups in total. The number of ether oxygens (including phenoxy) is 1. The van der Waals surface area contributed by atoms with E-state index in [1.807, 2.05) is 32.0 Å². The first-order valence-corrected chi connectivity index (χ1v) is 12.8. The second-order valence-electron chi connectivity index (χ2n) is 9.09. The van der Waals surface area contributed by atoms with Gasteiger partial charge < -0.3 is 24.8 Å². The summed E-state index contributed by atoms with van der Waals surface area (Å²) >= 11 is 0. The van der Waals surface area contributed by atoms with Gasteiger partial charge in [0.1, 0.15) is 25.1 Å². The molecule has 1 aromatic heterocycles. The number of aliphatic hydroxyl groups is 2. The zero-order chi connectivity index (χ0) is 26.9. The second-order valence-corrected chi connectivity index (χ2v) is 9.09. The van der Waals surface area contributed by atoms with Crippen LogP contribution < -0.4 is 10.1 Å². The smallest absolute Gasteiger partial charge is 0.258 e. The van der Waals surface area contributed by atoms with E-state index in [2.05, 4.69) is 53.3 Å². The zero-order valence-electron chi connectivity index (χ0n) is 22.4. The monoisotopic (exact) mass is 510 g/mol. The molecule has 0 radical (unpaired) electrons. The summed E-state index contributed by atoms with van der Waals surface area (Å²) in [6.07, 6.45) is -0.194. The van der Waals surface area contributed by atoms with Crippen LogP contribution >= 0.6 is 0 Å². The Kier molecular flexibility index (Phi) is 10.2. The summed E-state index contributed by atoms with van der Waals surface area (Å²) in [7, 11) is 0. The average molecular weight is 511 g/mol. The Morgan fingerprint density at radius 1 is 1.08 bits per heavy atom. The third-order valence-corrected chi connectivity index (χ3v) is 6.39. The third-order valence-electron chi connectivity index (χ3n) is 6.39. The lowest BCUT2D eigenvalue weighted by molar-refractivity contribution is -0.124. The highest BCUT2D eigenvalue weighted by Gasteiger charge is 2.17.